The maximum absolute atomic E-state index is 3.86. The predicted molar refractivity (Wildman–Crippen MR) is 98.1 cm³/mol. The molecule has 2 aromatic carbocycles. The Labute approximate surface area is 135 Å². The van der Waals surface area contributed by atoms with Gasteiger partial charge in [0.25, 0.3) is 0 Å². The number of hydrogen-bond acceptors (Lipinski definition) is 0. The SMILES string of the molecule is C=Cc1ccc(C(C)(c2ccccc2)C(CC)CCC)cc1. The molecule has 0 nitrogen and oxygen atoms in total. The molecule has 2 aromatic rings. The van der Waals surface area contributed by atoms with Gasteiger partial charge in [0, 0.05) is 5.41 Å². The van der Waals surface area contributed by atoms with E-state index in [-0.39, 0.29) is 5.41 Å². The third-order valence-corrected chi connectivity index (χ3v) is 5.07. The van der Waals surface area contributed by atoms with Gasteiger partial charge in [0.05, 0.1) is 0 Å². The van der Waals surface area contributed by atoms with Gasteiger partial charge >= 0.3 is 0 Å². The molecule has 0 aromatic heterocycles. The van der Waals surface area contributed by atoms with Crippen molar-refractivity contribution in [2.24, 2.45) is 5.92 Å². The van der Waals surface area contributed by atoms with Crippen LogP contribution in [0.3, 0.4) is 0 Å². The van der Waals surface area contributed by atoms with E-state index in [0.717, 1.165) is 0 Å². The van der Waals surface area contributed by atoms with Crippen molar-refractivity contribution in [3.05, 3.63) is 77.9 Å². The molecule has 0 amide bonds. The van der Waals surface area contributed by atoms with Crippen LogP contribution in [0.4, 0.5) is 0 Å². The first-order valence-corrected chi connectivity index (χ1v) is 8.45. The van der Waals surface area contributed by atoms with Crippen molar-refractivity contribution in [2.45, 2.75) is 45.4 Å². The molecule has 0 fully saturated rings. The van der Waals surface area contributed by atoms with Crippen LogP contribution in [0.15, 0.2) is 61.2 Å². The van der Waals surface area contributed by atoms with E-state index in [1.54, 1.807) is 0 Å². The van der Waals surface area contributed by atoms with Gasteiger partial charge in [0.2, 0.25) is 0 Å². The zero-order chi connectivity index (χ0) is 16.0. The lowest BCUT2D eigenvalue weighted by molar-refractivity contribution is 0.311. The normalized spacial score (nSPS) is 15.0. The van der Waals surface area contributed by atoms with Gasteiger partial charge in [-0.2, -0.15) is 0 Å². The summed E-state index contributed by atoms with van der Waals surface area (Å²) in [5.41, 5.74) is 4.07. The van der Waals surface area contributed by atoms with Crippen LogP contribution in [-0.2, 0) is 5.41 Å². The van der Waals surface area contributed by atoms with Crippen molar-refractivity contribution in [1.29, 1.82) is 0 Å². The molecule has 2 rings (SSSR count). The molecule has 2 unspecified atom stereocenters. The molecule has 2 atom stereocenters. The lowest BCUT2D eigenvalue weighted by Gasteiger charge is -2.39. The summed E-state index contributed by atoms with van der Waals surface area (Å²) in [5, 5.41) is 0. The molecule has 0 heterocycles. The summed E-state index contributed by atoms with van der Waals surface area (Å²) in [7, 11) is 0. The number of hydrogen-bond donors (Lipinski definition) is 0. The van der Waals surface area contributed by atoms with E-state index < -0.39 is 0 Å². The summed E-state index contributed by atoms with van der Waals surface area (Å²) in [6, 6.07) is 19.9. The second kappa shape index (κ2) is 7.45. The third kappa shape index (κ3) is 3.16. The first-order chi connectivity index (χ1) is 10.7. The average molecular weight is 292 g/mol. The zero-order valence-electron chi connectivity index (χ0n) is 14.2. The van der Waals surface area contributed by atoms with Crippen LogP contribution < -0.4 is 0 Å². The molecule has 0 N–H and O–H groups in total. The van der Waals surface area contributed by atoms with Crippen molar-refractivity contribution in [3.63, 3.8) is 0 Å². The highest BCUT2D eigenvalue weighted by atomic mass is 14.4. The molecule has 0 aliphatic carbocycles. The first-order valence-electron chi connectivity index (χ1n) is 8.45. The molecular weight excluding hydrogens is 264 g/mol. The molecule has 116 valence electrons. The van der Waals surface area contributed by atoms with Crippen molar-refractivity contribution < 1.29 is 0 Å². The van der Waals surface area contributed by atoms with Crippen LogP contribution in [0.25, 0.3) is 6.08 Å². The maximum atomic E-state index is 3.86. The fourth-order valence-electron chi connectivity index (χ4n) is 3.64. The van der Waals surface area contributed by atoms with E-state index in [1.807, 2.05) is 6.08 Å². The second-order valence-corrected chi connectivity index (χ2v) is 6.29. The largest absolute Gasteiger partial charge is 0.0985 e. The summed E-state index contributed by atoms with van der Waals surface area (Å²) >= 11 is 0. The van der Waals surface area contributed by atoms with Gasteiger partial charge in [-0.05, 0) is 29.0 Å². The summed E-state index contributed by atoms with van der Waals surface area (Å²) < 4.78 is 0. The highest BCUT2D eigenvalue weighted by Gasteiger charge is 2.35. The minimum absolute atomic E-state index is 0.0612. The minimum atomic E-state index is 0.0612. The van der Waals surface area contributed by atoms with E-state index in [0.29, 0.717) is 5.92 Å². The molecule has 0 heteroatoms. The minimum Gasteiger partial charge on any atom is -0.0985 e. The van der Waals surface area contributed by atoms with Crippen LogP contribution >= 0.6 is 0 Å². The molecule has 0 saturated heterocycles. The number of benzene rings is 2. The van der Waals surface area contributed by atoms with Crippen molar-refractivity contribution in [1.82, 2.24) is 0 Å². The highest BCUT2D eigenvalue weighted by Crippen LogP contribution is 2.42. The van der Waals surface area contributed by atoms with Crippen LogP contribution in [0.5, 0.6) is 0 Å². The lowest BCUT2D eigenvalue weighted by atomic mass is 9.65. The lowest BCUT2D eigenvalue weighted by Crippen LogP contribution is -2.33. The third-order valence-electron chi connectivity index (χ3n) is 5.07. The quantitative estimate of drug-likeness (QED) is 0.549. The summed E-state index contributed by atoms with van der Waals surface area (Å²) in [4.78, 5) is 0. The van der Waals surface area contributed by atoms with Crippen molar-refractivity contribution in [2.75, 3.05) is 0 Å². The van der Waals surface area contributed by atoms with E-state index >= 15 is 0 Å². The fourth-order valence-corrected chi connectivity index (χ4v) is 3.64. The van der Waals surface area contributed by atoms with Gasteiger partial charge in [-0.25, -0.2) is 0 Å². The Bertz CT molecular complexity index is 579. The summed E-state index contributed by atoms with van der Waals surface area (Å²) in [6.45, 7) is 10.9. The van der Waals surface area contributed by atoms with Crippen molar-refractivity contribution in [3.8, 4) is 0 Å². The van der Waals surface area contributed by atoms with Crippen molar-refractivity contribution >= 4 is 6.08 Å². The van der Waals surface area contributed by atoms with E-state index in [4.69, 9.17) is 0 Å². The van der Waals surface area contributed by atoms with Crippen LogP contribution in [0.2, 0.25) is 0 Å². The van der Waals surface area contributed by atoms with Gasteiger partial charge in [0.15, 0.2) is 0 Å². The van der Waals surface area contributed by atoms with Gasteiger partial charge in [0.1, 0.15) is 0 Å². The van der Waals surface area contributed by atoms with Crippen LogP contribution in [0.1, 0.15) is 56.7 Å². The topological polar surface area (TPSA) is 0 Å². The Morgan fingerprint density at radius 3 is 2.05 bits per heavy atom. The Morgan fingerprint density at radius 1 is 0.955 bits per heavy atom. The van der Waals surface area contributed by atoms with E-state index in [2.05, 4.69) is 81.9 Å². The standard InChI is InChI=1S/C22H28/c1-5-11-19(7-3)22(4,20-12-9-8-10-13-20)21-16-14-18(6-2)15-17-21/h6,8-10,12-17,19H,2,5,7,11H2,1,3-4H3. The molecule has 0 aliphatic rings. The molecular formula is C22H28. The monoisotopic (exact) mass is 292 g/mol. The summed E-state index contributed by atoms with van der Waals surface area (Å²) in [6.07, 6.45) is 5.59. The van der Waals surface area contributed by atoms with Gasteiger partial charge in [-0.15, -0.1) is 0 Å². The second-order valence-electron chi connectivity index (χ2n) is 6.29. The average Bonchev–Trinajstić information content (AvgIpc) is 2.60. The number of rotatable bonds is 7. The van der Waals surface area contributed by atoms with Crippen LogP contribution in [0, 0.1) is 5.92 Å². The Morgan fingerprint density at radius 2 is 1.55 bits per heavy atom. The van der Waals surface area contributed by atoms with Gasteiger partial charge in [-0.1, -0.05) is 101 Å². The zero-order valence-corrected chi connectivity index (χ0v) is 14.2. The maximum Gasteiger partial charge on any atom is 0.0202 e. The molecule has 0 bridgehead atoms. The van der Waals surface area contributed by atoms with Gasteiger partial charge in [-0.3, -0.25) is 0 Å². The Balaban J connectivity index is 2.55. The van der Waals surface area contributed by atoms with E-state index in [1.165, 1.54) is 36.0 Å². The highest BCUT2D eigenvalue weighted by molar-refractivity contribution is 5.49. The Hall–Kier alpha value is -1.82. The predicted octanol–water partition coefficient (Wildman–Crippen LogP) is 6.46. The van der Waals surface area contributed by atoms with E-state index in [9.17, 15) is 0 Å². The molecule has 0 saturated carbocycles. The molecule has 0 spiro atoms. The van der Waals surface area contributed by atoms with Crippen LogP contribution in [-0.4, -0.2) is 0 Å². The Kier molecular flexibility index (Phi) is 5.60. The molecule has 0 aliphatic heterocycles. The van der Waals surface area contributed by atoms with Gasteiger partial charge < -0.3 is 0 Å². The molecule has 22 heavy (non-hydrogen) atoms. The fraction of sp³-hybridized carbons (Fsp3) is 0.364. The molecule has 0 radical (unpaired) electrons. The summed E-state index contributed by atoms with van der Waals surface area (Å²) in [5.74, 6) is 0.648. The smallest absolute Gasteiger partial charge is 0.0202 e. The first kappa shape index (κ1) is 16.5.